The van der Waals surface area contributed by atoms with Crippen LogP contribution < -0.4 is 4.74 Å². The van der Waals surface area contributed by atoms with E-state index >= 15 is 0 Å². The molecule has 1 unspecified atom stereocenters. The summed E-state index contributed by atoms with van der Waals surface area (Å²) in [7, 11) is 0. The molecule has 1 heterocycles. The van der Waals surface area contributed by atoms with Gasteiger partial charge >= 0.3 is 0 Å². The Balaban J connectivity index is 2.02. The highest BCUT2D eigenvalue weighted by molar-refractivity contribution is 5.29. The number of hydrogen-bond acceptors (Lipinski definition) is 4. The maximum absolute atomic E-state index is 9.41. The molecular weight excluding hydrogens is 230 g/mol. The molecule has 2 rings (SSSR count). The zero-order chi connectivity index (χ0) is 13.1. The smallest absolute Gasteiger partial charge is 0.140 e. The second kappa shape index (κ2) is 5.23. The lowest BCUT2D eigenvalue weighted by Crippen LogP contribution is -1.98. The van der Waals surface area contributed by atoms with Crippen LogP contribution in [0.4, 0.5) is 0 Å². The Morgan fingerprint density at radius 3 is 2.44 bits per heavy atom. The zero-order valence-corrected chi connectivity index (χ0v) is 10.8. The monoisotopic (exact) mass is 247 g/mol. The lowest BCUT2D eigenvalue weighted by Gasteiger charge is -2.08. The van der Waals surface area contributed by atoms with Crippen LogP contribution in [0.15, 0.2) is 28.8 Å². The first-order valence-corrected chi connectivity index (χ1v) is 5.90. The molecule has 0 radical (unpaired) electrons. The first-order chi connectivity index (χ1) is 8.58. The highest BCUT2D eigenvalue weighted by atomic mass is 16.5. The van der Waals surface area contributed by atoms with Gasteiger partial charge in [0, 0.05) is 0 Å². The van der Waals surface area contributed by atoms with Crippen LogP contribution in [0.1, 0.15) is 35.6 Å². The molecule has 96 valence electrons. The largest absolute Gasteiger partial charge is 0.489 e. The fourth-order valence-corrected chi connectivity index (χ4v) is 1.71. The van der Waals surface area contributed by atoms with Crippen molar-refractivity contribution in [2.45, 2.75) is 33.5 Å². The van der Waals surface area contributed by atoms with Crippen LogP contribution in [0.5, 0.6) is 5.75 Å². The van der Waals surface area contributed by atoms with E-state index in [1.54, 1.807) is 6.92 Å². The van der Waals surface area contributed by atoms with Crippen molar-refractivity contribution in [3.63, 3.8) is 0 Å². The van der Waals surface area contributed by atoms with Gasteiger partial charge in [0.2, 0.25) is 0 Å². The molecule has 2 aromatic rings. The van der Waals surface area contributed by atoms with Crippen molar-refractivity contribution in [1.82, 2.24) is 5.16 Å². The fourth-order valence-electron chi connectivity index (χ4n) is 1.71. The van der Waals surface area contributed by atoms with Crippen LogP contribution in [-0.4, -0.2) is 10.3 Å². The molecular formula is C14H17NO3. The van der Waals surface area contributed by atoms with E-state index in [-0.39, 0.29) is 0 Å². The molecule has 0 bridgehead atoms. The number of benzene rings is 1. The summed E-state index contributed by atoms with van der Waals surface area (Å²) in [5, 5.41) is 13.3. The number of aliphatic hydroxyl groups excluding tert-OH is 1. The van der Waals surface area contributed by atoms with E-state index in [0.29, 0.717) is 6.61 Å². The second-order valence-corrected chi connectivity index (χ2v) is 4.34. The minimum absolute atomic E-state index is 0.440. The maximum Gasteiger partial charge on any atom is 0.140 e. The van der Waals surface area contributed by atoms with Gasteiger partial charge in [0.25, 0.3) is 0 Å². The topological polar surface area (TPSA) is 55.5 Å². The summed E-state index contributed by atoms with van der Waals surface area (Å²) < 4.78 is 10.7. The number of nitrogens with zero attached hydrogens (tertiary/aromatic N) is 1. The van der Waals surface area contributed by atoms with Gasteiger partial charge in [-0.3, -0.25) is 0 Å². The molecule has 1 atom stereocenters. The first kappa shape index (κ1) is 12.6. The van der Waals surface area contributed by atoms with E-state index in [0.717, 1.165) is 28.3 Å². The molecule has 1 N–H and O–H groups in total. The fraction of sp³-hybridized carbons (Fsp3) is 0.357. The van der Waals surface area contributed by atoms with Crippen LogP contribution in [0, 0.1) is 13.8 Å². The third-order valence-corrected chi connectivity index (χ3v) is 2.93. The Labute approximate surface area is 106 Å². The van der Waals surface area contributed by atoms with Gasteiger partial charge in [-0.05, 0) is 38.5 Å². The van der Waals surface area contributed by atoms with Crippen molar-refractivity contribution in [2.24, 2.45) is 0 Å². The second-order valence-electron chi connectivity index (χ2n) is 4.34. The predicted octanol–water partition coefficient (Wildman–Crippen LogP) is 2.92. The van der Waals surface area contributed by atoms with Crippen LogP contribution in [0.3, 0.4) is 0 Å². The Hall–Kier alpha value is -1.81. The molecule has 18 heavy (non-hydrogen) atoms. The lowest BCUT2D eigenvalue weighted by molar-refractivity contribution is 0.199. The molecule has 0 amide bonds. The summed E-state index contributed by atoms with van der Waals surface area (Å²) in [5.41, 5.74) is 2.71. The van der Waals surface area contributed by atoms with Crippen molar-refractivity contribution in [3.05, 3.63) is 46.8 Å². The quantitative estimate of drug-likeness (QED) is 0.902. The predicted molar refractivity (Wildman–Crippen MR) is 67.4 cm³/mol. The number of hydrogen-bond donors (Lipinski definition) is 1. The Bertz CT molecular complexity index is 495. The number of ether oxygens (including phenoxy) is 1. The average molecular weight is 247 g/mol. The number of rotatable bonds is 4. The number of aryl methyl sites for hydroxylation is 2. The third-order valence-electron chi connectivity index (χ3n) is 2.93. The Morgan fingerprint density at radius 2 is 1.94 bits per heavy atom. The summed E-state index contributed by atoms with van der Waals surface area (Å²) in [6.07, 6.45) is -0.457. The first-order valence-electron chi connectivity index (χ1n) is 5.90. The van der Waals surface area contributed by atoms with E-state index in [4.69, 9.17) is 9.26 Å². The minimum atomic E-state index is -0.457. The van der Waals surface area contributed by atoms with Crippen LogP contribution in [0.25, 0.3) is 0 Å². The van der Waals surface area contributed by atoms with Crippen LogP contribution in [-0.2, 0) is 6.61 Å². The van der Waals surface area contributed by atoms with E-state index in [1.165, 1.54) is 0 Å². The molecule has 0 aliphatic heterocycles. The summed E-state index contributed by atoms with van der Waals surface area (Å²) in [6.45, 7) is 5.94. The average Bonchev–Trinajstić information content (AvgIpc) is 2.67. The summed E-state index contributed by atoms with van der Waals surface area (Å²) in [4.78, 5) is 0. The van der Waals surface area contributed by atoms with Gasteiger partial charge in [0.05, 0.1) is 17.4 Å². The van der Waals surface area contributed by atoms with Gasteiger partial charge in [-0.15, -0.1) is 0 Å². The van der Waals surface area contributed by atoms with E-state index in [2.05, 4.69) is 5.16 Å². The van der Waals surface area contributed by atoms with Gasteiger partial charge in [0.15, 0.2) is 0 Å². The SMILES string of the molecule is Cc1noc(C)c1COc1ccc(C(C)O)cc1. The van der Waals surface area contributed by atoms with E-state index < -0.39 is 6.10 Å². The molecule has 0 fully saturated rings. The molecule has 1 aromatic heterocycles. The number of aliphatic hydroxyl groups is 1. The normalized spacial score (nSPS) is 12.4. The van der Waals surface area contributed by atoms with E-state index in [1.807, 2.05) is 38.1 Å². The summed E-state index contributed by atoms with van der Waals surface area (Å²) in [5.74, 6) is 1.55. The molecule has 0 aliphatic carbocycles. The zero-order valence-electron chi connectivity index (χ0n) is 10.8. The van der Waals surface area contributed by atoms with Crippen molar-refractivity contribution < 1.29 is 14.4 Å². The Morgan fingerprint density at radius 1 is 1.28 bits per heavy atom. The highest BCUT2D eigenvalue weighted by Gasteiger charge is 2.09. The molecule has 0 saturated carbocycles. The maximum atomic E-state index is 9.41. The lowest BCUT2D eigenvalue weighted by atomic mass is 10.1. The number of aromatic nitrogens is 1. The minimum Gasteiger partial charge on any atom is -0.489 e. The van der Waals surface area contributed by atoms with Gasteiger partial charge in [-0.1, -0.05) is 17.3 Å². The van der Waals surface area contributed by atoms with Crippen molar-refractivity contribution >= 4 is 0 Å². The van der Waals surface area contributed by atoms with E-state index in [9.17, 15) is 5.11 Å². The van der Waals surface area contributed by atoms with Gasteiger partial charge < -0.3 is 14.4 Å². The van der Waals surface area contributed by atoms with Gasteiger partial charge in [-0.2, -0.15) is 0 Å². The van der Waals surface area contributed by atoms with Crippen molar-refractivity contribution in [3.8, 4) is 5.75 Å². The molecule has 1 aromatic carbocycles. The molecule has 4 nitrogen and oxygen atoms in total. The molecule has 4 heteroatoms. The van der Waals surface area contributed by atoms with Gasteiger partial charge in [0.1, 0.15) is 18.1 Å². The standard InChI is InChI=1S/C14H17NO3/c1-9-14(11(3)18-15-9)8-17-13-6-4-12(5-7-13)10(2)16/h4-7,10,16H,8H2,1-3H3. The van der Waals surface area contributed by atoms with Crippen LogP contribution in [0.2, 0.25) is 0 Å². The molecule has 0 spiro atoms. The molecule has 0 aliphatic rings. The van der Waals surface area contributed by atoms with Crippen molar-refractivity contribution in [1.29, 1.82) is 0 Å². The summed E-state index contributed by atoms with van der Waals surface area (Å²) in [6, 6.07) is 7.40. The molecule has 0 saturated heterocycles. The Kier molecular flexibility index (Phi) is 3.67. The third kappa shape index (κ3) is 2.71. The van der Waals surface area contributed by atoms with Gasteiger partial charge in [-0.25, -0.2) is 0 Å². The van der Waals surface area contributed by atoms with Crippen LogP contribution >= 0.6 is 0 Å². The highest BCUT2D eigenvalue weighted by Crippen LogP contribution is 2.20. The van der Waals surface area contributed by atoms with Crippen molar-refractivity contribution in [2.75, 3.05) is 0 Å². The summed E-state index contributed by atoms with van der Waals surface area (Å²) >= 11 is 0.